The van der Waals surface area contributed by atoms with Gasteiger partial charge >= 0.3 is 0 Å². The van der Waals surface area contributed by atoms with E-state index >= 15 is 0 Å². The van der Waals surface area contributed by atoms with Gasteiger partial charge in [-0.15, -0.1) is 0 Å². The maximum absolute atomic E-state index is 12.9. The molecule has 2 fully saturated rings. The Hall–Kier alpha value is -1.92. The molecule has 2 aliphatic heterocycles. The highest BCUT2D eigenvalue weighted by Gasteiger charge is 2.33. The first-order chi connectivity index (χ1) is 14.7. The molecule has 1 aromatic rings. The molecule has 166 valence electrons. The molecular weight excluding hydrogens is 378 g/mol. The van der Waals surface area contributed by atoms with Gasteiger partial charge in [0.15, 0.2) is 0 Å². The summed E-state index contributed by atoms with van der Waals surface area (Å²) in [5.74, 6) is 0.820. The van der Waals surface area contributed by atoms with E-state index in [1.807, 2.05) is 11.0 Å². The second-order valence-electron chi connectivity index (χ2n) is 8.60. The number of rotatable bonds is 10. The minimum Gasteiger partial charge on any atom is -0.385 e. The number of hydrogen-bond donors (Lipinski definition) is 1. The van der Waals surface area contributed by atoms with E-state index in [1.54, 1.807) is 7.11 Å². The van der Waals surface area contributed by atoms with Crippen LogP contribution in [0.3, 0.4) is 0 Å². The molecule has 0 aliphatic carbocycles. The van der Waals surface area contributed by atoms with Crippen LogP contribution in [0.1, 0.15) is 44.1 Å². The fraction of sp³-hybridized carbons (Fsp3) is 0.667. The first-order valence-corrected chi connectivity index (χ1v) is 11.5. The lowest BCUT2D eigenvalue weighted by Gasteiger charge is -2.37. The van der Waals surface area contributed by atoms with Crippen LogP contribution in [0.4, 0.5) is 0 Å². The lowest BCUT2D eigenvalue weighted by Crippen LogP contribution is -2.57. The number of piperidine rings is 1. The number of nitrogens with zero attached hydrogens (tertiary/aromatic N) is 2. The Bertz CT molecular complexity index is 659. The van der Waals surface area contributed by atoms with Gasteiger partial charge in [-0.3, -0.25) is 14.5 Å². The molecule has 1 atom stereocenters. The van der Waals surface area contributed by atoms with Crippen molar-refractivity contribution < 1.29 is 14.3 Å². The molecule has 30 heavy (non-hydrogen) atoms. The second kappa shape index (κ2) is 12.1. The van der Waals surface area contributed by atoms with Crippen molar-refractivity contribution in [3.8, 4) is 0 Å². The van der Waals surface area contributed by atoms with Gasteiger partial charge in [-0.05, 0) is 56.6 Å². The summed E-state index contributed by atoms with van der Waals surface area (Å²) in [6.45, 7) is 4.79. The number of hydrogen-bond acceptors (Lipinski definition) is 4. The van der Waals surface area contributed by atoms with E-state index in [9.17, 15) is 9.59 Å². The fourth-order valence-corrected chi connectivity index (χ4v) is 4.66. The van der Waals surface area contributed by atoms with Crippen LogP contribution in [0.15, 0.2) is 30.3 Å². The van der Waals surface area contributed by atoms with Gasteiger partial charge in [0.1, 0.15) is 0 Å². The Labute approximate surface area is 180 Å². The van der Waals surface area contributed by atoms with Gasteiger partial charge in [-0.25, -0.2) is 0 Å². The minimum absolute atomic E-state index is 0.00348. The molecule has 2 aliphatic rings. The monoisotopic (exact) mass is 415 g/mol. The molecule has 6 nitrogen and oxygen atoms in total. The average Bonchev–Trinajstić information content (AvgIpc) is 2.77. The highest BCUT2D eigenvalue weighted by atomic mass is 16.5. The highest BCUT2D eigenvalue weighted by Crippen LogP contribution is 2.23. The molecular formula is C24H37N3O3. The number of aryl methyl sites for hydroxylation is 1. The van der Waals surface area contributed by atoms with E-state index in [2.05, 4.69) is 34.5 Å². The SMILES string of the molecule is COCCCC1CCN(C(=O)C[C@@H]2C(=O)NCCN2CCCc2ccccc2)CC1. The lowest BCUT2D eigenvalue weighted by atomic mass is 9.92. The molecule has 0 radical (unpaired) electrons. The number of benzene rings is 1. The normalized spacial score (nSPS) is 20.9. The van der Waals surface area contributed by atoms with Gasteiger partial charge in [0, 0.05) is 39.9 Å². The van der Waals surface area contributed by atoms with Crippen LogP contribution in [0.5, 0.6) is 0 Å². The minimum atomic E-state index is -0.332. The van der Waals surface area contributed by atoms with Crippen LogP contribution < -0.4 is 5.32 Å². The summed E-state index contributed by atoms with van der Waals surface area (Å²) in [6.07, 6.45) is 6.68. The summed E-state index contributed by atoms with van der Waals surface area (Å²) >= 11 is 0. The first-order valence-electron chi connectivity index (χ1n) is 11.5. The van der Waals surface area contributed by atoms with E-state index < -0.39 is 0 Å². The molecule has 1 N–H and O–H groups in total. The predicted octanol–water partition coefficient (Wildman–Crippen LogP) is 2.47. The number of methoxy groups -OCH3 is 1. The molecule has 2 heterocycles. The van der Waals surface area contributed by atoms with Gasteiger partial charge in [0.2, 0.25) is 11.8 Å². The topological polar surface area (TPSA) is 61.9 Å². The largest absolute Gasteiger partial charge is 0.385 e. The third-order valence-electron chi connectivity index (χ3n) is 6.49. The van der Waals surface area contributed by atoms with Crippen molar-refractivity contribution in [1.29, 1.82) is 0 Å². The maximum Gasteiger partial charge on any atom is 0.237 e. The Morgan fingerprint density at radius 3 is 2.63 bits per heavy atom. The van der Waals surface area contributed by atoms with Crippen molar-refractivity contribution in [1.82, 2.24) is 15.1 Å². The molecule has 2 amide bonds. The summed E-state index contributed by atoms with van der Waals surface area (Å²) in [7, 11) is 1.74. The van der Waals surface area contributed by atoms with E-state index in [0.29, 0.717) is 18.9 Å². The molecule has 6 heteroatoms. The molecule has 0 aromatic heterocycles. The van der Waals surface area contributed by atoms with Crippen LogP contribution in [-0.2, 0) is 20.7 Å². The zero-order valence-electron chi connectivity index (χ0n) is 18.4. The second-order valence-corrected chi connectivity index (χ2v) is 8.60. The molecule has 3 rings (SSSR count). The Balaban J connectivity index is 1.45. The Morgan fingerprint density at radius 2 is 1.90 bits per heavy atom. The lowest BCUT2D eigenvalue weighted by molar-refractivity contribution is -0.139. The Morgan fingerprint density at radius 1 is 1.13 bits per heavy atom. The van der Waals surface area contributed by atoms with Gasteiger partial charge in [-0.2, -0.15) is 0 Å². The summed E-state index contributed by atoms with van der Waals surface area (Å²) in [5.41, 5.74) is 1.32. The number of piperazine rings is 1. The predicted molar refractivity (Wildman–Crippen MR) is 118 cm³/mol. The fourth-order valence-electron chi connectivity index (χ4n) is 4.66. The zero-order valence-corrected chi connectivity index (χ0v) is 18.4. The zero-order chi connectivity index (χ0) is 21.2. The Kier molecular flexibility index (Phi) is 9.15. The third kappa shape index (κ3) is 6.81. The van der Waals surface area contributed by atoms with E-state index in [4.69, 9.17) is 4.74 Å². The van der Waals surface area contributed by atoms with Gasteiger partial charge in [0.25, 0.3) is 0 Å². The van der Waals surface area contributed by atoms with Crippen molar-refractivity contribution in [2.24, 2.45) is 5.92 Å². The highest BCUT2D eigenvalue weighted by molar-refractivity contribution is 5.88. The quantitative estimate of drug-likeness (QED) is 0.597. The maximum atomic E-state index is 12.9. The molecule has 1 aromatic carbocycles. The molecule has 0 spiro atoms. The smallest absolute Gasteiger partial charge is 0.237 e. The first kappa shape index (κ1) is 22.8. The van der Waals surface area contributed by atoms with Gasteiger partial charge in [-0.1, -0.05) is 30.3 Å². The van der Waals surface area contributed by atoms with Crippen molar-refractivity contribution >= 4 is 11.8 Å². The van der Waals surface area contributed by atoms with Crippen LogP contribution in [0, 0.1) is 5.92 Å². The standard InChI is InChI=1S/C24H37N3O3/c1-30-18-6-10-21-11-15-27(16-12-21)23(28)19-22-24(29)25-13-17-26(22)14-5-9-20-7-3-2-4-8-20/h2-4,7-8,21-22H,5-6,9-19H2,1H3,(H,25,29)/t22-/m1/s1. The van der Waals surface area contributed by atoms with Crippen LogP contribution >= 0.6 is 0 Å². The molecule has 0 saturated carbocycles. The van der Waals surface area contributed by atoms with E-state index in [1.165, 1.54) is 12.0 Å². The van der Waals surface area contributed by atoms with Crippen molar-refractivity contribution in [3.63, 3.8) is 0 Å². The summed E-state index contributed by atoms with van der Waals surface area (Å²) < 4.78 is 5.14. The van der Waals surface area contributed by atoms with E-state index in [0.717, 1.165) is 64.9 Å². The molecule has 2 saturated heterocycles. The average molecular weight is 416 g/mol. The van der Waals surface area contributed by atoms with Crippen LogP contribution in [-0.4, -0.2) is 74.1 Å². The third-order valence-corrected chi connectivity index (χ3v) is 6.49. The molecule has 0 bridgehead atoms. The number of amides is 2. The number of carbonyl (C=O) groups is 2. The summed E-state index contributed by atoms with van der Waals surface area (Å²) in [6, 6.07) is 10.1. The number of likely N-dealkylation sites (tertiary alicyclic amines) is 1. The molecule has 0 unspecified atom stereocenters. The van der Waals surface area contributed by atoms with Crippen molar-refractivity contribution in [2.45, 2.75) is 51.0 Å². The number of carbonyl (C=O) groups excluding carboxylic acids is 2. The van der Waals surface area contributed by atoms with Gasteiger partial charge < -0.3 is 15.0 Å². The summed E-state index contributed by atoms with van der Waals surface area (Å²) in [4.78, 5) is 29.6. The van der Waals surface area contributed by atoms with Crippen molar-refractivity contribution in [2.75, 3.05) is 46.4 Å². The van der Waals surface area contributed by atoms with E-state index in [-0.39, 0.29) is 17.9 Å². The summed E-state index contributed by atoms with van der Waals surface area (Å²) in [5, 5.41) is 2.95. The van der Waals surface area contributed by atoms with Crippen LogP contribution in [0.2, 0.25) is 0 Å². The van der Waals surface area contributed by atoms with Gasteiger partial charge in [0.05, 0.1) is 12.5 Å². The van der Waals surface area contributed by atoms with Crippen molar-refractivity contribution in [3.05, 3.63) is 35.9 Å². The van der Waals surface area contributed by atoms with Crippen LogP contribution in [0.25, 0.3) is 0 Å². The number of ether oxygens (including phenoxy) is 1. The number of nitrogens with one attached hydrogen (secondary N) is 1.